The molecule has 1 aromatic rings. The molecule has 0 aliphatic rings. The zero-order valence-corrected chi connectivity index (χ0v) is 10.5. The molecule has 1 rings (SSSR count). The van der Waals surface area contributed by atoms with Crippen molar-refractivity contribution >= 4 is 21.9 Å². The Kier molecular flexibility index (Phi) is 4.28. The number of ether oxygens (including phenoxy) is 2. The second kappa shape index (κ2) is 5.27. The average molecular weight is 277 g/mol. The van der Waals surface area contributed by atoms with Crippen LogP contribution in [0.3, 0.4) is 0 Å². The lowest BCUT2D eigenvalue weighted by atomic mass is 10.3. The molecule has 0 aromatic carbocycles. The highest BCUT2D eigenvalue weighted by molar-refractivity contribution is 9.10. The number of aromatic nitrogens is 2. The third kappa shape index (κ3) is 2.57. The predicted molar refractivity (Wildman–Crippen MR) is 57.6 cm³/mol. The molecule has 5 nitrogen and oxygen atoms in total. The van der Waals surface area contributed by atoms with Crippen LogP contribution in [0.15, 0.2) is 4.47 Å². The summed E-state index contributed by atoms with van der Waals surface area (Å²) in [6.45, 7) is 2.48. The van der Waals surface area contributed by atoms with Crippen molar-refractivity contribution < 1.29 is 14.3 Å². The lowest BCUT2D eigenvalue weighted by Gasteiger charge is -1.99. The van der Waals surface area contributed by atoms with Gasteiger partial charge in [-0.25, -0.2) is 4.79 Å². The summed E-state index contributed by atoms with van der Waals surface area (Å²) in [6, 6.07) is 0. The van der Waals surface area contributed by atoms with E-state index in [-0.39, 0.29) is 5.69 Å². The monoisotopic (exact) mass is 276 g/mol. The van der Waals surface area contributed by atoms with Crippen molar-refractivity contribution in [2.75, 3.05) is 13.7 Å². The highest BCUT2D eigenvalue weighted by Crippen LogP contribution is 2.22. The largest absolute Gasteiger partial charge is 0.461 e. The number of aryl methyl sites for hydroxylation is 1. The van der Waals surface area contributed by atoms with E-state index >= 15 is 0 Å². The minimum Gasteiger partial charge on any atom is -0.461 e. The molecule has 0 amide bonds. The molecule has 0 spiro atoms. The number of hydrogen-bond donors (Lipinski definition) is 0. The van der Waals surface area contributed by atoms with Gasteiger partial charge in [-0.1, -0.05) is 0 Å². The first-order valence-corrected chi connectivity index (χ1v) is 5.28. The number of methoxy groups -OCH3 is 1. The van der Waals surface area contributed by atoms with E-state index in [1.54, 1.807) is 25.8 Å². The fraction of sp³-hybridized carbons (Fsp3) is 0.556. The smallest absolute Gasteiger partial charge is 0.360 e. The second-order valence-corrected chi connectivity index (χ2v) is 3.68. The Morgan fingerprint density at radius 3 is 2.80 bits per heavy atom. The molecule has 0 atom stereocenters. The van der Waals surface area contributed by atoms with Gasteiger partial charge in [-0.15, -0.1) is 0 Å². The van der Waals surface area contributed by atoms with Crippen molar-refractivity contribution in [1.29, 1.82) is 0 Å². The van der Waals surface area contributed by atoms with Gasteiger partial charge in [0.1, 0.15) is 0 Å². The summed E-state index contributed by atoms with van der Waals surface area (Å²) in [5.74, 6) is -0.428. The highest BCUT2D eigenvalue weighted by Gasteiger charge is 2.20. The van der Waals surface area contributed by atoms with E-state index in [4.69, 9.17) is 9.47 Å². The quantitative estimate of drug-likeness (QED) is 0.783. The summed E-state index contributed by atoms with van der Waals surface area (Å²) < 4.78 is 12.1. The third-order valence-electron chi connectivity index (χ3n) is 1.85. The molecule has 0 unspecified atom stereocenters. The van der Waals surface area contributed by atoms with Gasteiger partial charge in [0.2, 0.25) is 0 Å². The van der Waals surface area contributed by atoms with Gasteiger partial charge in [0.15, 0.2) is 5.69 Å². The standard InChI is InChI=1S/C9H13BrN2O3/c1-4-15-9(13)8-7(10)6(5-14-3)12(2)11-8/h4-5H2,1-3H3. The molecule has 0 aliphatic carbocycles. The summed E-state index contributed by atoms with van der Waals surface area (Å²) >= 11 is 3.31. The molecule has 0 saturated heterocycles. The molecule has 0 radical (unpaired) electrons. The summed E-state index contributed by atoms with van der Waals surface area (Å²) in [6.07, 6.45) is 0. The molecule has 0 N–H and O–H groups in total. The number of carbonyl (C=O) groups is 1. The van der Waals surface area contributed by atoms with Gasteiger partial charge in [0.05, 0.1) is 23.4 Å². The van der Waals surface area contributed by atoms with Gasteiger partial charge in [-0.05, 0) is 22.9 Å². The molecule has 0 fully saturated rings. The Morgan fingerprint density at radius 2 is 2.27 bits per heavy atom. The molecule has 15 heavy (non-hydrogen) atoms. The number of carbonyl (C=O) groups excluding carboxylic acids is 1. The molecule has 84 valence electrons. The van der Waals surface area contributed by atoms with E-state index in [1.807, 2.05) is 0 Å². The molecule has 1 heterocycles. The van der Waals surface area contributed by atoms with E-state index in [1.165, 1.54) is 0 Å². The molecular weight excluding hydrogens is 264 g/mol. The van der Waals surface area contributed by atoms with Crippen LogP contribution in [0, 0.1) is 0 Å². The van der Waals surface area contributed by atoms with Crippen LogP contribution in [0.2, 0.25) is 0 Å². The molecule has 0 bridgehead atoms. The number of halogens is 1. The van der Waals surface area contributed by atoms with Crippen LogP contribution in [-0.4, -0.2) is 29.5 Å². The van der Waals surface area contributed by atoms with Crippen LogP contribution < -0.4 is 0 Å². The Morgan fingerprint density at radius 1 is 1.60 bits per heavy atom. The molecular formula is C9H13BrN2O3. The Bertz CT molecular complexity index is 362. The van der Waals surface area contributed by atoms with Crippen molar-refractivity contribution in [2.24, 2.45) is 7.05 Å². The first-order chi connectivity index (χ1) is 7.11. The lowest BCUT2D eigenvalue weighted by Crippen LogP contribution is -2.06. The van der Waals surface area contributed by atoms with E-state index in [9.17, 15) is 4.79 Å². The van der Waals surface area contributed by atoms with Gasteiger partial charge in [0, 0.05) is 14.2 Å². The zero-order chi connectivity index (χ0) is 11.4. The van der Waals surface area contributed by atoms with Crippen LogP contribution in [0.25, 0.3) is 0 Å². The first kappa shape index (κ1) is 12.2. The maximum absolute atomic E-state index is 11.5. The van der Waals surface area contributed by atoms with Gasteiger partial charge in [0.25, 0.3) is 0 Å². The predicted octanol–water partition coefficient (Wildman–Crippen LogP) is 1.51. The Hall–Kier alpha value is -0.880. The van der Waals surface area contributed by atoms with Crippen molar-refractivity contribution in [3.8, 4) is 0 Å². The van der Waals surface area contributed by atoms with E-state index in [0.29, 0.717) is 17.7 Å². The van der Waals surface area contributed by atoms with Crippen molar-refractivity contribution in [3.63, 3.8) is 0 Å². The van der Waals surface area contributed by atoms with E-state index in [2.05, 4.69) is 21.0 Å². The second-order valence-electron chi connectivity index (χ2n) is 2.89. The zero-order valence-electron chi connectivity index (χ0n) is 8.91. The van der Waals surface area contributed by atoms with Gasteiger partial charge < -0.3 is 9.47 Å². The topological polar surface area (TPSA) is 53.3 Å². The SMILES string of the molecule is CCOC(=O)c1nn(C)c(COC)c1Br. The summed E-state index contributed by atoms with van der Waals surface area (Å²) in [7, 11) is 3.34. The highest BCUT2D eigenvalue weighted by atomic mass is 79.9. The molecule has 0 saturated carbocycles. The van der Waals surface area contributed by atoms with Crippen molar-refractivity contribution in [1.82, 2.24) is 9.78 Å². The van der Waals surface area contributed by atoms with Crippen LogP contribution in [-0.2, 0) is 23.1 Å². The lowest BCUT2D eigenvalue weighted by molar-refractivity contribution is 0.0517. The maximum atomic E-state index is 11.5. The van der Waals surface area contributed by atoms with Crippen molar-refractivity contribution in [2.45, 2.75) is 13.5 Å². The average Bonchev–Trinajstić information content (AvgIpc) is 2.47. The maximum Gasteiger partial charge on any atom is 0.360 e. The molecule has 6 heteroatoms. The van der Waals surface area contributed by atoms with Crippen LogP contribution in [0.5, 0.6) is 0 Å². The first-order valence-electron chi connectivity index (χ1n) is 4.49. The fourth-order valence-electron chi connectivity index (χ4n) is 1.16. The number of esters is 1. The van der Waals surface area contributed by atoms with Crippen molar-refractivity contribution in [3.05, 3.63) is 15.9 Å². The van der Waals surface area contributed by atoms with Gasteiger partial charge in [-0.2, -0.15) is 5.10 Å². The van der Waals surface area contributed by atoms with E-state index in [0.717, 1.165) is 5.69 Å². The molecule has 1 aromatic heterocycles. The normalized spacial score (nSPS) is 10.4. The van der Waals surface area contributed by atoms with Crippen LogP contribution in [0.4, 0.5) is 0 Å². The minimum absolute atomic E-state index is 0.284. The minimum atomic E-state index is -0.428. The van der Waals surface area contributed by atoms with Crippen LogP contribution >= 0.6 is 15.9 Å². The van der Waals surface area contributed by atoms with Gasteiger partial charge in [-0.3, -0.25) is 4.68 Å². The summed E-state index contributed by atoms with van der Waals surface area (Å²) in [5, 5.41) is 4.06. The van der Waals surface area contributed by atoms with Gasteiger partial charge >= 0.3 is 5.97 Å². The summed E-state index contributed by atoms with van der Waals surface area (Å²) in [5.41, 5.74) is 1.09. The van der Waals surface area contributed by atoms with Crippen LogP contribution in [0.1, 0.15) is 23.1 Å². The Balaban J connectivity index is 3.00. The molecule has 0 aliphatic heterocycles. The summed E-state index contributed by atoms with van der Waals surface area (Å²) in [4.78, 5) is 11.5. The number of rotatable bonds is 4. The number of nitrogens with zero attached hydrogens (tertiary/aromatic N) is 2. The van der Waals surface area contributed by atoms with E-state index < -0.39 is 5.97 Å². The fourth-order valence-corrected chi connectivity index (χ4v) is 1.77. The Labute approximate surface area is 96.5 Å². The third-order valence-corrected chi connectivity index (χ3v) is 2.68. The number of hydrogen-bond acceptors (Lipinski definition) is 4.